The molecule has 3 aromatic rings. The zero-order valence-corrected chi connectivity index (χ0v) is 16.1. The molecule has 6 heteroatoms. The number of nitrogens with one attached hydrogen (secondary N) is 2. The van der Waals surface area contributed by atoms with Crippen LogP contribution in [0, 0.1) is 12.3 Å². The van der Waals surface area contributed by atoms with Crippen LogP contribution in [0.5, 0.6) is 0 Å². The summed E-state index contributed by atoms with van der Waals surface area (Å²) in [6, 6.07) is 11.7. The summed E-state index contributed by atoms with van der Waals surface area (Å²) in [6.45, 7) is 6.23. The highest BCUT2D eigenvalue weighted by atomic mass is 16.5. The van der Waals surface area contributed by atoms with E-state index in [1.165, 1.54) is 17.5 Å². The average Bonchev–Trinajstić information content (AvgIpc) is 3.02. The minimum atomic E-state index is 0.233. The van der Waals surface area contributed by atoms with Crippen molar-refractivity contribution in [2.24, 2.45) is 5.41 Å². The SMILES string of the molecule is Cc1cc2c(NC3c4ccccc4CCC3N3CC4(COC4)C3)ncnc2[nH]1. The van der Waals surface area contributed by atoms with Crippen LogP contribution < -0.4 is 5.32 Å². The van der Waals surface area contributed by atoms with Gasteiger partial charge in [-0.1, -0.05) is 24.3 Å². The summed E-state index contributed by atoms with van der Waals surface area (Å²) in [4.78, 5) is 15.0. The maximum absolute atomic E-state index is 5.48. The van der Waals surface area contributed by atoms with Gasteiger partial charge in [-0.05, 0) is 37.0 Å². The third-order valence-corrected chi connectivity index (χ3v) is 6.70. The maximum Gasteiger partial charge on any atom is 0.143 e. The topological polar surface area (TPSA) is 66.1 Å². The molecule has 0 saturated carbocycles. The molecule has 1 spiro atoms. The van der Waals surface area contributed by atoms with Crippen LogP contribution in [0.1, 0.15) is 29.3 Å². The summed E-state index contributed by atoms with van der Waals surface area (Å²) in [5, 5.41) is 4.88. The summed E-state index contributed by atoms with van der Waals surface area (Å²) in [5.74, 6) is 0.920. The highest BCUT2D eigenvalue weighted by molar-refractivity contribution is 5.87. The molecule has 6 rings (SSSR count). The molecule has 2 saturated heterocycles. The first kappa shape index (κ1) is 16.5. The van der Waals surface area contributed by atoms with Gasteiger partial charge in [0.1, 0.15) is 17.8 Å². The maximum atomic E-state index is 5.48. The van der Waals surface area contributed by atoms with Gasteiger partial charge in [-0.25, -0.2) is 9.97 Å². The zero-order chi connectivity index (χ0) is 18.7. The number of hydrogen-bond acceptors (Lipinski definition) is 5. The summed E-state index contributed by atoms with van der Waals surface area (Å²) in [6.07, 6.45) is 3.96. The van der Waals surface area contributed by atoms with E-state index in [0.29, 0.717) is 11.5 Å². The van der Waals surface area contributed by atoms with Crippen molar-refractivity contribution >= 4 is 16.9 Å². The van der Waals surface area contributed by atoms with E-state index in [2.05, 4.69) is 62.4 Å². The zero-order valence-electron chi connectivity index (χ0n) is 16.1. The van der Waals surface area contributed by atoms with Crippen LogP contribution in [0.2, 0.25) is 0 Å². The first-order valence-corrected chi connectivity index (χ1v) is 10.2. The lowest BCUT2D eigenvalue weighted by Gasteiger charge is -2.59. The number of nitrogens with zero attached hydrogens (tertiary/aromatic N) is 3. The van der Waals surface area contributed by atoms with Crippen molar-refractivity contribution in [3.05, 3.63) is 53.5 Å². The molecule has 6 nitrogen and oxygen atoms in total. The molecule has 144 valence electrons. The van der Waals surface area contributed by atoms with Crippen molar-refractivity contribution in [3.63, 3.8) is 0 Å². The molecule has 2 aromatic heterocycles. The fourth-order valence-corrected chi connectivity index (χ4v) is 5.27. The highest BCUT2D eigenvalue weighted by Crippen LogP contribution is 2.44. The van der Waals surface area contributed by atoms with Gasteiger partial charge in [0, 0.05) is 30.2 Å². The number of aryl methyl sites for hydroxylation is 2. The fourth-order valence-electron chi connectivity index (χ4n) is 5.27. The van der Waals surface area contributed by atoms with E-state index < -0.39 is 0 Å². The molecule has 0 amide bonds. The molecule has 28 heavy (non-hydrogen) atoms. The molecule has 2 fully saturated rings. The van der Waals surface area contributed by atoms with Crippen LogP contribution in [-0.2, 0) is 11.2 Å². The van der Waals surface area contributed by atoms with Crippen LogP contribution in [0.25, 0.3) is 11.0 Å². The first-order valence-electron chi connectivity index (χ1n) is 10.2. The van der Waals surface area contributed by atoms with Gasteiger partial charge < -0.3 is 15.0 Å². The molecule has 0 bridgehead atoms. The third-order valence-electron chi connectivity index (χ3n) is 6.70. The van der Waals surface area contributed by atoms with Gasteiger partial charge in [0.25, 0.3) is 0 Å². The van der Waals surface area contributed by atoms with E-state index in [-0.39, 0.29) is 6.04 Å². The number of H-pyrrole nitrogens is 1. The normalized spacial score (nSPS) is 25.9. The van der Waals surface area contributed by atoms with E-state index in [1.54, 1.807) is 6.33 Å². The van der Waals surface area contributed by atoms with Crippen molar-refractivity contribution < 1.29 is 4.74 Å². The number of aromatic nitrogens is 3. The number of aromatic amines is 1. The molecule has 2 N–H and O–H groups in total. The fraction of sp³-hybridized carbons (Fsp3) is 0.455. The summed E-state index contributed by atoms with van der Waals surface area (Å²) >= 11 is 0. The molecule has 3 aliphatic rings. The number of fused-ring (bicyclic) bond motifs is 2. The highest BCUT2D eigenvalue weighted by Gasteiger charge is 2.52. The van der Waals surface area contributed by atoms with E-state index in [0.717, 1.165) is 55.3 Å². The summed E-state index contributed by atoms with van der Waals surface area (Å²) < 4.78 is 5.48. The van der Waals surface area contributed by atoms with Gasteiger partial charge in [0.05, 0.1) is 24.6 Å². The van der Waals surface area contributed by atoms with Gasteiger partial charge in [-0.3, -0.25) is 4.90 Å². The van der Waals surface area contributed by atoms with Crippen LogP contribution in [0.15, 0.2) is 36.7 Å². The number of likely N-dealkylation sites (tertiary alicyclic amines) is 1. The lowest BCUT2D eigenvalue weighted by Crippen LogP contribution is -2.69. The van der Waals surface area contributed by atoms with Crippen LogP contribution in [-0.4, -0.2) is 52.2 Å². The van der Waals surface area contributed by atoms with Crippen molar-refractivity contribution in [2.75, 3.05) is 31.6 Å². The lowest BCUT2D eigenvalue weighted by molar-refractivity contribution is -0.200. The molecule has 4 heterocycles. The summed E-state index contributed by atoms with van der Waals surface area (Å²) in [5.41, 5.74) is 5.29. The van der Waals surface area contributed by atoms with Crippen LogP contribution >= 0.6 is 0 Å². The Labute approximate surface area is 164 Å². The van der Waals surface area contributed by atoms with Crippen molar-refractivity contribution in [1.29, 1.82) is 0 Å². The van der Waals surface area contributed by atoms with E-state index >= 15 is 0 Å². The molecule has 2 aliphatic heterocycles. The Morgan fingerprint density at radius 2 is 2.07 bits per heavy atom. The molecule has 2 unspecified atom stereocenters. The smallest absolute Gasteiger partial charge is 0.143 e. The van der Waals surface area contributed by atoms with Gasteiger partial charge in [-0.15, -0.1) is 0 Å². The molecule has 1 aliphatic carbocycles. The monoisotopic (exact) mass is 375 g/mol. The quantitative estimate of drug-likeness (QED) is 0.737. The van der Waals surface area contributed by atoms with Crippen LogP contribution in [0.4, 0.5) is 5.82 Å². The molecule has 2 atom stereocenters. The van der Waals surface area contributed by atoms with E-state index in [1.807, 2.05) is 0 Å². The second-order valence-corrected chi connectivity index (χ2v) is 8.76. The van der Waals surface area contributed by atoms with E-state index in [9.17, 15) is 0 Å². The Balaban J connectivity index is 1.36. The van der Waals surface area contributed by atoms with E-state index in [4.69, 9.17) is 4.74 Å². The van der Waals surface area contributed by atoms with Crippen molar-refractivity contribution in [1.82, 2.24) is 19.9 Å². The second-order valence-electron chi connectivity index (χ2n) is 8.76. The van der Waals surface area contributed by atoms with Gasteiger partial charge >= 0.3 is 0 Å². The average molecular weight is 375 g/mol. The predicted octanol–water partition coefficient (Wildman–Crippen LogP) is 3.07. The Kier molecular flexibility index (Phi) is 3.55. The minimum Gasteiger partial charge on any atom is -0.380 e. The largest absolute Gasteiger partial charge is 0.380 e. The van der Waals surface area contributed by atoms with Gasteiger partial charge in [0.15, 0.2) is 0 Å². The number of rotatable bonds is 3. The number of hydrogen-bond donors (Lipinski definition) is 2. The Hall–Kier alpha value is -2.44. The summed E-state index contributed by atoms with van der Waals surface area (Å²) in [7, 11) is 0. The first-order chi connectivity index (χ1) is 13.7. The van der Waals surface area contributed by atoms with Gasteiger partial charge in [-0.2, -0.15) is 0 Å². The molecular formula is C22H25N5O. The second kappa shape index (κ2) is 6.03. The van der Waals surface area contributed by atoms with Gasteiger partial charge in [0.2, 0.25) is 0 Å². The standard InChI is InChI=1S/C22H25N5O/c1-14-8-17-20(25-14)23-13-24-21(17)26-19-16-5-3-2-4-15(16)6-7-18(19)27-9-22(10-27)11-28-12-22/h2-5,8,13,18-19H,6-7,9-12H2,1H3,(H2,23,24,25,26). The Bertz CT molecular complexity index is 1030. The Morgan fingerprint density at radius 3 is 2.89 bits per heavy atom. The number of ether oxygens (including phenoxy) is 1. The molecule has 0 radical (unpaired) electrons. The third kappa shape index (κ3) is 2.48. The molecular weight excluding hydrogens is 350 g/mol. The predicted molar refractivity (Wildman–Crippen MR) is 108 cm³/mol. The number of benzene rings is 1. The van der Waals surface area contributed by atoms with Crippen molar-refractivity contribution in [2.45, 2.75) is 31.8 Å². The van der Waals surface area contributed by atoms with Crippen LogP contribution in [0.3, 0.4) is 0 Å². The number of anilines is 1. The van der Waals surface area contributed by atoms with Crippen molar-refractivity contribution in [3.8, 4) is 0 Å². The minimum absolute atomic E-state index is 0.233. The Morgan fingerprint density at radius 1 is 1.21 bits per heavy atom. The lowest BCUT2D eigenvalue weighted by atomic mass is 9.74. The molecule has 1 aromatic carbocycles.